The summed E-state index contributed by atoms with van der Waals surface area (Å²) in [5, 5.41) is 3.20. The summed E-state index contributed by atoms with van der Waals surface area (Å²) >= 11 is 0. The van der Waals surface area contributed by atoms with Crippen molar-refractivity contribution in [3.63, 3.8) is 0 Å². The molecule has 1 aromatic rings. The molecule has 1 aromatic carbocycles. The van der Waals surface area contributed by atoms with Crippen LogP contribution in [0.5, 0.6) is 0 Å². The quantitative estimate of drug-likeness (QED) is 0.774. The third kappa shape index (κ3) is 2.78. The molecule has 0 aliphatic carbocycles. The molecule has 0 saturated carbocycles. The highest BCUT2D eigenvalue weighted by atomic mass is 32.2. The molecule has 0 radical (unpaired) electrons. The predicted molar refractivity (Wildman–Crippen MR) is 70.9 cm³/mol. The van der Waals surface area contributed by atoms with E-state index in [1.807, 2.05) is 6.07 Å². The Morgan fingerprint density at radius 1 is 1.47 bits per heavy atom. The van der Waals surface area contributed by atoms with Crippen LogP contribution in [-0.2, 0) is 27.8 Å². The summed E-state index contributed by atoms with van der Waals surface area (Å²) in [5.74, 6) is -0.669. The van der Waals surface area contributed by atoms with Gasteiger partial charge in [0.05, 0.1) is 11.4 Å². The van der Waals surface area contributed by atoms with Crippen LogP contribution in [0, 0.1) is 0 Å². The molecule has 0 unspecified atom stereocenters. The summed E-state index contributed by atoms with van der Waals surface area (Å²) in [5.41, 5.74) is 6.87. The average Bonchev–Trinajstić information content (AvgIpc) is 2.37. The average molecular weight is 283 g/mol. The first kappa shape index (κ1) is 14.0. The Hall–Kier alpha value is -1.44. The second kappa shape index (κ2) is 5.28. The van der Waals surface area contributed by atoms with Gasteiger partial charge in [-0.1, -0.05) is 12.1 Å². The van der Waals surface area contributed by atoms with Crippen molar-refractivity contribution in [2.24, 2.45) is 5.73 Å². The van der Waals surface area contributed by atoms with E-state index in [2.05, 4.69) is 5.32 Å². The van der Waals surface area contributed by atoms with Crippen LogP contribution in [-0.4, -0.2) is 38.8 Å². The number of nitrogens with one attached hydrogen (secondary N) is 1. The van der Waals surface area contributed by atoms with Gasteiger partial charge in [0.1, 0.15) is 0 Å². The number of nitrogens with two attached hydrogens (primary N) is 1. The Morgan fingerprint density at radius 2 is 2.21 bits per heavy atom. The number of nitrogens with zero attached hydrogens (tertiary/aromatic N) is 1. The molecule has 1 aliphatic heterocycles. The zero-order chi connectivity index (χ0) is 14.0. The maximum atomic E-state index is 12.4. The molecule has 0 atom stereocenters. The summed E-state index contributed by atoms with van der Waals surface area (Å²) < 4.78 is 25.9. The molecule has 2 rings (SSSR count). The molecule has 3 N–H and O–H groups in total. The summed E-state index contributed by atoms with van der Waals surface area (Å²) in [6.07, 6.45) is 0.662. The molecule has 6 nitrogen and oxygen atoms in total. The predicted octanol–water partition coefficient (Wildman–Crippen LogP) is -0.562. The van der Waals surface area contributed by atoms with Crippen LogP contribution >= 0.6 is 0 Å². The second-order valence-electron chi connectivity index (χ2n) is 4.55. The number of hydrogen-bond donors (Lipinski definition) is 2. The lowest BCUT2D eigenvalue weighted by Crippen LogP contribution is -2.36. The fourth-order valence-corrected chi connectivity index (χ4v) is 3.64. The second-order valence-corrected chi connectivity index (χ2v) is 6.56. The van der Waals surface area contributed by atoms with E-state index in [0.29, 0.717) is 13.0 Å². The lowest BCUT2D eigenvalue weighted by atomic mass is 10.0. The van der Waals surface area contributed by atoms with Crippen molar-refractivity contribution >= 4 is 15.9 Å². The minimum Gasteiger partial charge on any atom is -0.369 e. The van der Waals surface area contributed by atoms with E-state index in [1.54, 1.807) is 12.1 Å². The van der Waals surface area contributed by atoms with E-state index in [1.165, 1.54) is 7.05 Å². The van der Waals surface area contributed by atoms with Gasteiger partial charge in [-0.2, -0.15) is 4.31 Å². The van der Waals surface area contributed by atoms with Crippen molar-refractivity contribution in [3.8, 4) is 0 Å². The number of rotatable bonds is 4. The van der Waals surface area contributed by atoms with Gasteiger partial charge in [0.25, 0.3) is 0 Å². The van der Waals surface area contributed by atoms with Gasteiger partial charge in [0.15, 0.2) is 0 Å². The van der Waals surface area contributed by atoms with Gasteiger partial charge in [-0.3, -0.25) is 4.79 Å². The zero-order valence-electron chi connectivity index (χ0n) is 10.7. The van der Waals surface area contributed by atoms with E-state index in [-0.39, 0.29) is 11.4 Å². The van der Waals surface area contributed by atoms with Crippen LogP contribution in [0.25, 0.3) is 0 Å². The molecule has 0 aromatic heterocycles. The lowest BCUT2D eigenvalue weighted by Gasteiger charge is -2.23. The highest BCUT2D eigenvalue weighted by Gasteiger charge is 2.26. The van der Waals surface area contributed by atoms with E-state index < -0.39 is 15.9 Å². The zero-order valence-corrected chi connectivity index (χ0v) is 11.5. The fraction of sp³-hybridized carbons (Fsp3) is 0.417. The van der Waals surface area contributed by atoms with Crippen molar-refractivity contribution in [2.75, 3.05) is 20.1 Å². The molecule has 1 heterocycles. The van der Waals surface area contributed by atoms with Gasteiger partial charge < -0.3 is 11.1 Å². The lowest BCUT2D eigenvalue weighted by molar-refractivity contribution is -0.118. The minimum absolute atomic E-state index is 0.273. The third-order valence-corrected chi connectivity index (χ3v) is 5.05. The number of fused-ring (bicyclic) bond motifs is 1. The van der Waals surface area contributed by atoms with E-state index in [4.69, 9.17) is 5.73 Å². The Morgan fingerprint density at radius 3 is 2.89 bits per heavy atom. The first-order valence-corrected chi connectivity index (χ1v) is 7.43. The van der Waals surface area contributed by atoms with E-state index in [9.17, 15) is 13.2 Å². The van der Waals surface area contributed by atoms with E-state index >= 15 is 0 Å². The first-order valence-electron chi connectivity index (χ1n) is 5.99. The molecule has 1 aliphatic rings. The van der Waals surface area contributed by atoms with Crippen LogP contribution in [0.2, 0.25) is 0 Å². The summed E-state index contributed by atoms with van der Waals surface area (Å²) in [4.78, 5) is 11.2. The summed E-state index contributed by atoms with van der Waals surface area (Å²) in [6.45, 7) is 1.10. The number of carbonyl (C=O) groups is 1. The number of benzene rings is 1. The number of amides is 1. The highest BCUT2D eigenvalue weighted by Crippen LogP contribution is 2.24. The molecule has 0 fully saturated rings. The van der Waals surface area contributed by atoms with Crippen molar-refractivity contribution in [1.29, 1.82) is 0 Å². The molecule has 104 valence electrons. The molecular formula is C12H17N3O3S. The number of sulfonamides is 1. The van der Waals surface area contributed by atoms with Gasteiger partial charge in [-0.05, 0) is 30.2 Å². The maximum Gasteiger partial charge on any atom is 0.243 e. The Labute approximate surface area is 112 Å². The number of likely N-dealkylation sites (N-methyl/N-ethyl adjacent to an activating group) is 1. The topological polar surface area (TPSA) is 92.5 Å². The van der Waals surface area contributed by atoms with Gasteiger partial charge in [-0.15, -0.1) is 0 Å². The van der Waals surface area contributed by atoms with Crippen molar-refractivity contribution in [2.45, 2.75) is 17.9 Å². The normalized spacial score (nSPS) is 15.3. The smallest absolute Gasteiger partial charge is 0.243 e. The maximum absolute atomic E-state index is 12.4. The van der Waals surface area contributed by atoms with Gasteiger partial charge in [0, 0.05) is 13.6 Å². The molecule has 19 heavy (non-hydrogen) atoms. The van der Waals surface area contributed by atoms with Gasteiger partial charge >= 0.3 is 0 Å². The SMILES string of the molecule is CN(CC(N)=O)S(=O)(=O)c1cccc2c1CCNC2. The Bertz CT molecular complexity index is 598. The minimum atomic E-state index is -3.67. The molecule has 1 amide bonds. The molecular weight excluding hydrogens is 266 g/mol. The number of hydrogen-bond acceptors (Lipinski definition) is 4. The van der Waals surface area contributed by atoms with Crippen molar-refractivity contribution in [3.05, 3.63) is 29.3 Å². The van der Waals surface area contributed by atoms with Crippen LogP contribution in [0.1, 0.15) is 11.1 Å². The Balaban J connectivity index is 2.43. The number of primary amides is 1. The molecule has 0 spiro atoms. The monoisotopic (exact) mass is 283 g/mol. The summed E-state index contributed by atoms with van der Waals surface area (Å²) in [7, 11) is -2.31. The molecule has 0 saturated heterocycles. The van der Waals surface area contributed by atoms with Crippen LogP contribution in [0.4, 0.5) is 0 Å². The largest absolute Gasteiger partial charge is 0.369 e. The standard InChI is InChI=1S/C12H17N3O3S/c1-15(8-12(13)16)19(17,18)11-4-2-3-9-7-14-6-5-10(9)11/h2-4,14H,5-8H2,1H3,(H2,13,16). The van der Waals surface area contributed by atoms with Crippen LogP contribution < -0.4 is 11.1 Å². The van der Waals surface area contributed by atoms with E-state index in [0.717, 1.165) is 22.0 Å². The first-order chi connectivity index (χ1) is 8.93. The van der Waals surface area contributed by atoms with Crippen LogP contribution in [0.3, 0.4) is 0 Å². The summed E-state index contributed by atoms with van der Waals surface area (Å²) in [6, 6.07) is 5.21. The van der Waals surface area contributed by atoms with Crippen molar-refractivity contribution in [1.82, 2.24) is 9.62 Å². The van der Waals surface area contributed by atoms with Gasteiger partial charge in [-0.25, -0.2) is 8.42 Å². The number of carbonyl (C=O) groups excluding carboxylic acids is 1. The molecule has 7 heteroatoms. The van der Waals surface area contributed by atoms with Crippen LogP contribution in [0.15, 0.2) is 23.1 Å². The fourth-order valence-electron chi connectivity index (χ4n) is 2.21. The van der Waals surface area contributed by atoms with Crippen molar-refractivity contribution < 1.29 is 13.2 Å². The Kier molecular flexibility index (Phi) is 3.88. The highest BCUT2D eigenvalue weighted by molar-refractivity contribution is 7.89. The van der Waals surface area contributed by atoms with Gasteiger partial charge in [0.2, 0.25) is 15.9 Å². The third-order valence-electron chi connectivity index (χ3n) is 3.16. The molecule has 0 bridgehead atoms.